The van der Waals surface area contributed by atoms with Crippen molar-refractivity contribution in [3.05, 3.63) is 51.4 Å². The molecule has 7 nitrogen and oxygen atoms in total. The Morgan fingerprint density at radius 3 is 2.44 bits per heavy atom. The summed E-state index contributed by atoms with van der Waals surface area (Å²) in [6.07, 6.45) is 9.50. The molecule has 2 aliphatic rings. The van der Waals surface area contributed by atoms with Gasteiger partial charge in [0.05, 0.1) is 5.69 Å². The summed E-state index contributed by atoms with van der Waals surface area (Å²) in [5.74, 6) is -0.396. The first-order valence-corrected chi connectivity index (χ1v) is 14.9. The summed E-state index contributed by atoms with van der Waals surface area (Å²) >= 11 is 1.30. The highest BCUT2D eigenvalue weighted by Gasteiger charge is 2.38. The van der Waals surface area contributed by atoms with Crippen LogP contribution in [0.1, 0.15) is 92.8 Å². The smallest absolute Gasteiger partial charge is 0.348 e. The second kappa shape index (κ2) is 12.2. The molecule has 0 aliphatic heterocycles. The van der Waals surface area contributed by atoms with Crippen LogP contribution in [0.4, 0.5) is 5.69 Å². The van der Waals surface area contributed by atoms with Gasteiger partial charge in [0.25, 0.3) is 0 Å². The van der Waals surface area contributed by atoms with Gasteiger partial charge in [-0.15, -0.1) is 11.3 Å². The lowest BCUT2D eigenvalue weighted by Crippen LogP contribution is -2.47. The number of hydrogen-bond acceptors (Lipinski definition) is 6. The van der Waals surface area contributed by atoms with E-state index in [0.29, 0.717) is 18.0 Å². The second-order valence-electron chi connectivity index (χ2n) is 12.4. The Balaban J connectivity index is 1.56. The molecule has 0 spiro atoms. The Hall–Kier alpha value is -2.71. The summed E-state index contributed by atoms with van der Waals surface area (Å²) in [5, 5.41) is 10.1. The predicted molar refractivity (Wildman–Crippen MR) is 157 cm³/mol. The third-order valence-electron chi connectivity index (χ3n) is 7.72. The van der Waals surface area contributed by atoms with Crippen LogP contribution in [-0.4, -0.2) is 53.1 Å². The Morgan fingerprint density at radius 1 is 1.13 bits per heavy atom. The maximum atomic E-state index is 14.1. The molecule has 0 saturated heterocycles. The van der Waals surface area contributed by atoms with Gasteiger partial charge in [0.15, 0.2) is 0 Å². The predicted octanol–water partition coefficient (Wildman–Crippen LogP) is 6.67. The van der Waals surface area contributed by atoms with Crippen LogP contribution < -0.4 is 9.64 Å². The van der Waals surface area contributed by atoms with Crippen molar-refractivity contribution >= 4 is 28.9 Å². The summed E-state index contributed by atoms with van der Waals surface area (Å²) < 4.78 is 6.28. The fourth-order valence-corrected chi connectivity index (χ4v) is 6.58. The number of thiophene rings is 1. The Labute approximate surface area is 236 Å². The van der Waals surface area contributed by atoms with Crippen LogP contribution in [-0.2, 0) is 16.8 Å². The lowest BCUT2D eigenvalue weighted by Gasteiger charge is -2.39. The van der Waals surface area contributed by atoms with E-state index in [1.165, 1.54) is 16.9 Å². The summed E-state index contributed by atoms with van der Waals surface area (Å²) in [6, 6.07) is 5.90. The van der Waals surface area contributed by atoms with Gasteiger partial charge >= 0.3 is 5.97 Å². The summed E-state index contributed by atoms with van der Waals surface area (Å²) in [4.78, 5) is 36.1. The molecule has 2 heterocycles. The number of anilines is 1. The number of carboxylic acids is 1. The number of aromatic nitrogens is 1. The standard InChI is InChI=1S/C31H43N3O4S/c1-20-7-9-22(10-8-20)29(35)34(25-18-26(31(2,3)4)39-28(25)30(36)37)23-11-13-24(14-12-23)38-27-17-21(15-16-32-27)19-33(5)6/h7,15-18,22-24H,8-14,19H2,1-6H3,(H,36,37)/t22-,23?,24?/m1/s1. The van der Waals surface area contributed by atoms with Crippen molar-refractivity contribution in [2.24, 2.45) is 5.92 Å². The van der Waals surface area contributed by atoms with Crippen molar-refractivity contribution in [2.75, 3.05) is 19.0 Å². The number of rotatable bonds is 8. The molecular formula is C31H43N3O4S. The van der Waals surface area contributed by atoms with E-state index in [1.54, 1.807) is 6.20 Å². The van der Waals surface area contributed by atoms with Crippen LogP contribution in [0.2, 0.25) is 0 Å². The van der Waals surface area contributed by atoms with E-state index >= 15 is 0 Å². The zero-order valence-electron chi connectivity index (χ0n) is 24.2. The van der Waals surface area contributed by atoms with Crippen LogP contribution in [0, 0.1) is 5.92 Å². The molecule has 1 atom stereocenters. The van der Waals surface area contributed by atoms with Crippen molar-refractivity contribution in [3.8, 4) is 5.88 Å². The summed E-state index contributed by atoms with van der Waals surface area (Å²) in [6.45, 7) is 9.18. The molecule has 8 heteroatoms. The number of pyridine rings is 1. The monoisotopic (exact) mass is 553 g/mol. The number of nitrogens with zero attached hydrogens (tertiary/aromatic N) is 3. The zero-order chi connectivity index (χ0) is 28.3. The van der Waals surface area contributed by atoms with Gasteiger partial charge in [0, 0.05) is 35.6 Å². The molecule has 0 radical (unpaired) electrons. The first-order valence-electron chi connectivity index (χ1n) is 14.0. The molecule has 39 heavy (non-hydrogen) atoms. The number of ether oxygens (including phenoxy) is 1. The Bertz CT molecular complexity index is 1200. The molecule has 0 bridgehead atoms. The van der Waals surface area contributed by atoms with Gasteiger partial charge in [-0.05, 0) is 89.1 Å². The van der Waals surface area contributed by atoms with Gasteiger partial charge < -0.3 is 19.6 Å². The number of carbonyl (C=O) groups is 2. The highest BCUT2D eigenvalue weighted by molar-refractivity contribution is 7.14. The van der Waals surface area contributed by atoms with Gasteiger partial charge in [0.1, 0.15) is 11.0 Å². The molecule has 2 aromatic rings. The lowest BCUT2D eigenvalue weighted by atomic mass is 9.86. The summed E-state index contributed by atoms with van der Waals surface area (Å²) in [5.41, 5.74) is 2.84. The van der Waals surface area contributed by atoms with Gasteiger partial charge in [-0.25, -0.2) is 9.78 Å². The van der Waals surface area contributed by atoms with E-state index < -0.39 is 5.97 Å². The fourth-order valence-electron chi connectivity index (χ4n) is 5.54. The molecule has 2 aromatic heterocycles. The Kier molecular flexibility index (Phi) is 9.17. The minimum atomic E-state index is -0.969. The molecule has 2 aliphatic carbocycles. The van der Waals surface area contributed by atoms with E-state index in [4.69, 9.17) is 4.74 Å². The summed E-state index contributed by atoms with van der Waals surface area (Å²) in [7, 11) is 4.07. The molecule has 4 rings (SSSR count). The number of hydrogen-bond donors (Lipinski definition) is 1. The highest BCUT2D eigenvalue weighted by Crippen LogP contribution is 2.41. The topological polar surface area (TPSA) is 83.0 Å². The van der Waals surface area contributed by atoms with Crippen LogP contribution in [0.3, 0.4) is 0 Å². The Morgan fingerprint density at radius 2 is 1.85 bits per heavy atom. The minimum Gasteiger partial charge on any atom is -0.477 e. The maximum Gasteiger partial charge on any atom is 0.348 e. The fraction of sp³-hybridized carbons (Fsp3) is 0.581. The second-order valence-corrected chi connectivity index (χ2v) is 13.5. The van der Waals surface area contributed by atoms with Crippen molar-refractivity contribution in [2.45, 2.75) is 96.7 Å². The zero-order valence-corrected chi connectivity index (χ0v) is 25.0. The average Bonchev–Trinajstić information content (AvgIpc) is 3.32. The van der Waals surface area contributed by atoms with Gasteiger partial charge in [-0.2, -0.15) is 0 Å². The van der Waals surface area contributed by atoms with Crippen molar-refractivity contribution in [3.63, 3.8) is 0 Å². The van der Waals surface area contributed by atoms with E-state index in [2.05, 4.69) is 43.7 Å². The van der Waals surface area contributed by atoms with E-state index in [0.717, 1.165) is 55.5 Å². The lowest BCUT2D eigenvalue weighted by molar-refractivity contribution is -0.123. The number of allylic oxidation sites excluding steroid dienone is 2. The van der Waals surface area contributed by atoms with Crippen LogP contribution in [0.15, 0.2) is 36.0 Å². The number of carbonyl (C=O) groups excluding carboxylic acids is 1. The first-order chi connectivity index (χ1) is 18.4. The van der Waals surface area contributed by atoms with Crippen LogP contribution >= 0.6 is 11.3 Å². The minimum absolute atomic E-state index is 0.0205. The molecule has 1 amide bonds. The SMILES string of the molecule is CC1=CC[C@@H](C(=O)N(c2cc(C(C)(C)C)sc2C(=O)O)C2CCC(Oc3cc(CN(C)C)ccn3)CC2)CC1. The van der Waals surface area contributed by atoms with Crippen LogP contribution in [0.25, 0.3) is 0 Å². The molecule has 0 unspecified atom stereocenters. The van der Waals surface area contributed by atoms with E-state index in [-0.39, 0.29) is 34.3 Å². The van der Waals surface area contributed by atoms with Crippen LogP contribution in [0.5, 0.6) is 5.88 Å². The molecule has 1 saturated carbocycles. The van der Waals surface area contributed by atoms with Crippen molar-refractivity contribution < 1.29 is 19.4 Å². The first kappa shape index (κ1) is 29.3. The largest absolute Gasteiger partial charge is 0.477 e. The van der Waals surface area contributed by atoms with Gasteiger partial charge in [0.2, 0.25) is 11.8 Å². The van der Waals surface area contributed by atoms with Gasteiger partial charge in [-0.1, -0.05) is 32.4 Å². The average molecular weight is 554 g/mol. The highest BCUT2D eigenvalue weighted by atomic mass is 32.1. The molecule has 212 valence electrons. The molecular weight excluding hydrogens is 510 g/mol. The number of carboxylic acid groups (broad SMARTS) is 1. The number of amides is 1. The normalized spacial score (nSPS) is 21.9. The molecule has 1 N–H and O–H groups in total. The third kappa shape index (κ3) is 7.28. The van der Waals surface area contributed by atoms with E-state index in [9.17, 15) is 14.7 Å². The number of aromatic carboxylic acids is 1. The third-order valence-corrected chi connectivity index (χ3v) is 9.26. The van der Waals surface area contributed by atoms with Gasteiger partial charge in [-0.3, -0.25) is 4.79 Å². The maximum absolute atomic E-state index is 14.1. The quantitative estimate of drug-likeness (QED) is 0.368. The van der Waals surface area contributed by atoms with E-state index in [1.807, 2.05) is 37.2 Å². The van der Waals surface area contributed by atoms with Crippen molar-refractivity contribution in [1.29, 1.82) is 0 Å². The molecule has 1 fully saturated rings. The molecule has 0 aromatic carbocycles. The van der Waals surface area contributed by atoms with Crippen molar-refractivity contribution in [1.82, 2.24) is 9.88 Å².